The highest BCUT2D eigenvalue weighted by molar-refractivity contribution is 5.34. The Kier molecular flexibility index (Phi) is 4.81. The van der Waals surface area contributed by atoms with Gasteiger partial charge >= 0.3 is 0 Å². The molecule has 0 bridgehead atoms. The summed E-state index contributed by atoms with van der Waals surface area (Å²) in [5, 5.41) is 13.1. The number of aromatic hydroxyl groups is 1. The fraction of sp³-hybridized carbons (Fsp3) is 0.250. The molecule has 3 heteroatoms. The molecule has 0 fully saturated rings. The van der Waals surface area contributed by atoms with Gasteiger partial charge in [-0.05, 0) is 25.1 Å². The average Bonchev–Trinajstić information content (AvgIpc) is 2.45. The van der Waals surface area contributed by atoms with E-state index in [2.05, 4.69) is 5.32 Å². The normalized spacial score (nSPS) is 12.1. The highest BCUT2D eigenvalue weighted by Gasteiger charge is 2.08. The Morgan fingerprint density at radius 2 is 1.74 bits per heavy atom. The molecule has 0 spiro atoms. The summed E-state index contributed by atoms with van der Waals surface area (Å²) in [5.41, 5.74) is 0.905. The van der Waals surface area contributed by atoms with Crippen LogP contribution < -0.4 is 10.1 Å². The lowest BCUT2D eigenvalue weighted by Crippen LogP contribution is -2.24. The van der Waals surface area contributed by atoms with E-state index in [1.165, 1.54) is 0 Å². The van der Waals surface area contributed by atoms with Crippen molar-refractivity contribution in [3.8, 4) is 11.5 Å². The van der Waals surface area contributed by atoms with E-state index in [0.717, 1.165) is 17.9 Å². The lowest BCUT2D eigenvalue weighted by Gasteiger charge is -2.15. The molecule has 3 nitrogen and oxygen atoms in total. The fourth-order valence-electron chi connectivity index (χ4n) is 1.92. The van der Waals surface area contributed by atoms with Crippen LogP contribution >= 0.6 is 0 Å². The monoisotopic (exact) mass is 257 g/mol. The smallest absolute Gasteiger partial charge is 0.120 e. The summed E-state index contributed by atoms with van der Waals surface area (Å²) in [6.07, 6.45) is 0. The Hall–Kier alpha value is -2.00. The quantitative estimate of drug-likeness (QED) is 0.781. The Morgan fingerprint density at radius 1 is 1.05 bits per heavy atom. The van der Waals surface area contributed by atoms with Gasteiger partial charge in [0.15, 0.2) is 0 Å². The predicted octanol–water partition coefficient (Wildman–Crippen LogP) is 3.12. The van der Waals surface area contributed by atoms with Gasteiger partial charge in [-0.25, -0.2) is 0 Å². The summed E-state index contributed by atoms with van der Waals surface area (Å²) >= 11 is 0. The van der Waals surface area contributed by atoms with Crippen LogP contribution in [0.25, 0.3) is 0 Å². The second kappa shape index (κ2) is 6.81. The molecule has 2 aromatic carbocycles. The summed E-state index contributed by atoms with van der Waals surface area (Å²) in [4.78, 5) is 0. The van der Waals surface area contributed by atoms with Crippen LogP contribution in [0.1, 0.15) is 18.5 Å². The third-order valence-corrected chi connectivity index (χ3v) is 2.97. The van der Waals surface area contributed by atoms with Gasteiger partial charge in [0.2, 0.25) is 0 Å². The zero-order valence-electron chi connectivity index (χ0n) is 11.0. The predicted molar refractivity (Wildman–Crippen MR) is 76.5 cm³/mol. The second-order valence-corrected chi connectivity index (χ2v) is 4.40. The minimum Gasteiger partial charge on any atom is -0.508 e. The van der Waals surface area contributed by atoms with Crippen molar-refractivity contribution in [1.82, 2.24) is 5.32 Å². The minimum absolute atomic E-state index is 0.0978. The van der Waals surface area contributed by atoms with Gasteiger partial charge in [0.1, 0.15) is 18.1 Å². The lowest BCUT2D eigenvalue weighted by molar-refractivity contribution is 0.306. The molecule has 1 atom stereocenters. The fourth-order valence-corrected chi connectivity index (χ4v) is 1.92. The van der Waals surface area contributed by atoms with E-state index in [4.69, 9.17) is 4.74 Å². The maximum absolute atomic E-state index is 9.74. The molecular formula is C16H19NO2. The van der Waals surface area contributed by atoms with Gasteiger partial charge in [-0.2, -0.15) is 0 Å². The van der Waals surface area contributed by atoms with Crippen LogP contribution in [0.4, 0.5) is 0 Å². The van der Waals surface area contributed by atoms with Crippen LogP contribution in [-0.2, 0) is 0 Å². The Balaban J connectivity index is 1.76. The summed E-state index contributed by atoms with van der Waals surface area (Å²) in [6.45, 7) is 3.35. The third-order valence-electron chi connectivity index (χ3n) is 2.97. The van der Waals surface area contributed by atoms with Crippen LogP contribution in [0.2, 0.25) is 0 Å². The van der Waals surface area contributed by atoms with E-state index in [0.29, 0.717) is 12.4 Å². The maximum atomic E-state index is 9.74. The van der Waals surface area contributed by atoms with E-state index in [9.17, 15) is 5.11 Å². The second-order valence-electron chi connectivity index (χ2n) is 4.40. The van der Waals surface area contributed by atoms with Gasteiger partial charge in [-0.3, -0.25) is 0 Å². The highest BCUT2D eigenvalue weighted by Crippen LogP contribution is 2.22. The van der Waals surface area contributed by atoms with Crippen LogP contribution in [-0.4, -0.2) is 18.3 Å². The summed E-state index contributed by atoms with van der Waals surface area (Å²) in [6, 6.07) is 17.2. The lowest BCUT2D eigenvalue weighted by atomic mass is 10.1. The highest BCUT2D eigenvalue weighted by atomic mass is 16.5. The molecule has 0 saturated carbocycles. The molecule has 1 unspecified atom stereocenters. The van der Waals surface area contributed by atoms with Gasteiger partial charge in [0, 0.05) is 18.2 Å². The van der Waals surface area contributed by atoms with Gasteiger partial charge < -0.3 is 15.2 Å². The first-order valence-corrected chi connectivity index (χ1v) is 6.46. The molecule has 0 heterocycles. The molecule has 0 aliphatic rings. The van der Waals surface area contributed by atoms with Crippen molar-refractivity contribution in [2.45, 2.75) is 13.0 Å². The molecule has 0 aliphatic heterocycles. The van der Waals surface area contributed by atoms with Crippen molar-refractivity contribution in [3.05, 3.63) is 60.2 Å². The van der Waals surface area contributed by atoms with E-state index >= 15 is 0 Å². The molecule has 19 heavy (non-hydrogen) atoms. The number of nitrogens with one attached hydrogen (secondary N) is 1. The van der Waals surface area contributed by atoms with Crippen molar-refractivity contribution in [3.63, 3.8) is 0 Å². The first kappa shape index (κ1) is 13.4. The number of benzene rings is 2. The molecule has 100 valence electrons. The van der Waals surface area contributed by atoms with E-state index in [1.54, 1.807) is 6.07 Å². The number of ether oxygens (including phenoxy) is 1. The largest absolute Gasteiger partial charge is 0.508 e. The van der Waals surface area contributed by atoms with Gasteiger partial charge in [-0.15, -0.1) is 0 Å². The molecule has 2 N–H and O–H groups in total. The van der Waals surface area contributed by atoms with Crippen molar-refractivity contribution in [1.29, 1.82) is 0 Å². The number of rotatable bonds is 6. The number of hydrogen-bond acceptors (Lipinski definition) is 3. The Bertz CT molecular complexity index is 499. The van der Waals surface area contributed by atoms with Crippen molar-refractivity contribution in [2.24, 2.45) is 0 Å². The van der Waals surface area contributed by atoms with Gasteiger partial charge in [0.25, 0.3) is 0 Å². The molecule has 0 amide bonds. The van der Waals surface area contributed by atoms with Crippen molar-refractivity contribution in [2.75, 3.05) is 13.2 Å². The summed E-state index contributed by atoms with van der Waals surface area (Å²) in [5.74, 6) is 1.20. The van der Waals surface area contributed by atoms with Crippen molar-refractivity contribution < 1.29 is 9.84 Å². The first-order chi connectivity index (χ1) is 9.27. The van der Waals surface area contributed by atoms with Crippen LogP contribution in [0.5, 0.6) is 11.5 Å². The average molecular weight is 257 g/mol. The number of para-hydroxylation sites is 2. The van der Waals surface area contributed by atoms with E-state index < -0.39 is 0 Å². The first-order valence-electron chi connectivity index (χ1n) is 6.46. The molecule has 0 aliphatic carbocycles. The number of hydrogen-bond donors (Lipinski definition) is 2. The molecule has 2 aromatic rings. The van der Waals surface area contributed by atoms with Crippen LogP contribution in [0.15, 0.2) is 54.6 Å². The van der Waals surface area contributed by atoms with Crippen LogP contribution in [0.3, 0.4) is 0 Å². The van der Waals surface area contributed by atoms with Gasteiger partial charge in [-0.1, -0.05) is 36.4 Å². The summed E-state index contributed by atoms with van der Waals surface area (Å²) in [7, 11) is 0. The van der Waals surface area contributed by atoms with E-state index in [-0.39, 0.29) is 6.04 Å². The van der Waals surface area contributed by atoms with Crippen LogP contribution in [0, 0.1) is 0 Å². The number of phenols is 1. The minimum atomic E-state index is 0.0978. The van der Waals surface area contributed by atoms with E-state index in [1.807, 2.05) is 55.5 Å². The zero-order chi connectivity index (χ0) is 13.5. The standard InChI is InChI=1S/C16H19NO2/c1-13(15-9-5-6-10-16(15)18)17-11-12-19-14-7-3-2-4-8-14/h2-10,13,17-18H,11-12H2,1H3. The third kappa shape index (κ3) is 4.00. The SMILES string of the molecule is CC(NCCOc1ccccc1)c1ccccc1O. The maximum Gasteiger partial charge on any atom is 0.120 e. The molecule has 0 saturated heterocycles. The molecule has 0 radical (unpaired) electrons. The molecule has 0 aromatic heterocycles. The molecular weight excluding hydrogens is 238 g/mol. The summed E-state index contributed by atoms with van der Waals surface area (Å²) < 4.78 is 5.60. The van der Waals surface area contributed by atoms with Crippen molar-refractivity contribution >= 4 is 0 Å². The zero-order valence-corrected chi connectivity index (χ0v) is 11.0. The topological polar surface area (TPSA) is 41.5 Å². The molecule has 2 rings (SSSR count). The Labute approximate surface area is 113 Å². The van der Waals surface area contributed by atoms with Gasteiger partial charge in [0.05, 0.1) is 0 Å². The number of phenolic OH excluding ortho intramolecular Hbond substituents is 1. The Morgan fingerprint density at radius 3 is 2.47 bits per heavy atom.